The highest BCUT2D eigenvalue weighted by atomic mass is 32.1. The van der Waals surface area contributed by atoms with Gasteiger partial charge in [0.25, 0.3) is 0 Å². The van der Waals surface area contributed by atoms with Crippen LogP contribution in [0.1, 0.15) is 41.6 Å². The van der Waals surface area contributed by atoms with E-state index in [9.17, 15) is 4.79 Å². The second kappa shape index (κ2) is 5.88. The largest absolute Gasteiger partial charge is 0.465 e. The van der Waals surface area contributed by atoms with Gasteiger partial charge < -0.3 is 15.4 Å². The topological polar surface area (TPSA) is 50.4 Å². The number of thiophene rings is 1. The Bertz CT molecular complexity index is 501. The molecule has 0 aliphatic carbocycles. The Morgan fingerprint density at radius 3 is 2.37 bits per heavy atom. The summed E-state index contributed by atoms with van der Waals surface area (Å²) in [5.41, 5.74) is 1.36. The molecule has 6 heteroatoms. The summed E-state index contributed by atoms with van der Waals surface area (Å²) in [5.74, 6) is -0.345. The number of hydrogen-bond donors (Lipinski definition) is 2. The monoisotopic (exact) mass is 300 g/mol. The lowest BCUT2D eigenvalue weighted by molar-refractivity contribution is 0.0601. The zero-order chi connectivity index (χ0) is 14.8. The maximum absolute atomic E-state index is 11.8. The number of anilines is 1. The van der Waals surface area contributed by atoms with Gasteiger partial charge in [0.1, 0.15) is 5.00 Å². The summed E-state index contributed by atoms with van der Waals surface area (Å²) in [6.45, 7) is 9.94. The van der Waals surface area contributed by atoms with Crippen LogP contribution in [0.15, 0.2) is 0 Å². The lowest BCUT2D eigenvalue weighted by atomic mass is 10.1. The fourth-order valence-corrected chi connectivity index (χ4v) is 3.06. The van der Waals surface area contributed by atoms with Gasteiger partial charge in [0.2, 0.25) is 0 Å². The third-order valence-corrected chi connectivity index (χ3v) is 3.82. The summed E-state index contributed by atoms with van der Waals surface area (Å²) < 4.78 is 4.82. The van der Waals surface area contributed by atoms with Crippen LogP contribution in [-0.4, -0.2) is 23.7 Å². The number of carbonyl (C=O) groups excluding carboxylic acids is 1. The van der Waals surface area contributed by atoms with Crippen LogP contribution in [0.25, 0.3) is 0 Å². The first-order valence-electron chi connectivity index (χ1n) is 5.93. The van der Waals surface area contributed by atoms with E-state index in [0.29, 0.717) is 10.7 Å². The second-order valence-electron chi connectivity index (χ2n) is 5.31. The molecule has 0 fully saturated rings. The average molecular weight is 300 g/mol. The van der Waals surface area contributed by atoms with Crippen molar-refractivity contribution in [1.29, 1.82) is 0 Å². The molecular weight excluding hydrogens is 280 g/mol. The highest BCUT2D eigenvalue weighted by Crippen LogP contribution is 2.32. The molecular formula is C13H20N2O2S2. The number of thiocarbonyl (C=S) groups is 1. The molecule has 106 valence electrons. The van der Waals surface area contributed by atoms with Crippen LogP contribution in [0.4, 0.5) is 5.00 Å². The SMILES string of the molecule is COC(=O)c1c(NC(=S)NC(C)(C)C)sc(C)c1C. The second-order valence-corrected chi connectivity index (χ2v) is 6.94. The van der Waals surface area contributed by atoms with E-state index in [2.05, 4.69) is 10.6 Å². The standard InChI is InChI=1S/C13H20N2O2S2/c1-7-8(2)19-10(9(7)11(16)17-6)14-12(18)15-13(3,4)5/h1-6H3,(H2,14,15,18). The first-order valence-corrected chi connectivity index (χ1v) is 7.15. The van der Waals surface area contributed by atoms with E-state index in [1.54, 1.807) is 0 Å². The van der Waals surface area contributed by atoms with E-state index in [4.69, 9.17) is 17.0 Å². The quantitative estimate of drug-likeness (QED) is 0.648. The van der Waals surface area contributed by atoms with E-state index >= 15 is 0 Å². The van der Waals surface area contributed by atoms with E-state index in [1.165, 1.54) is 18.4 Å². The minimum atomic E-state index is -0.345. The third-order valence-electron chi connectivity index (χ3n) is 2.49. The van der Waals surface area contributed by atoms with Gasteiger partial charge in [-0.05, 0) is 52.4 Å². The molecule has 2 N–H and O–H groups in total. The van der Waals surface area contributed by atoms with Crippen molar-refractivity contribution < 1.29 is 9.53 Å². The summed E-state index contributed by atoms with van der Waals surface area (Å²) in [5, 5.41) is 7.46. The summed E-state index contributed by atoms with van der Waals surface area (Å²) in [7, 11) is 1.38. The zero-order valence-corrected chi connectivity index (χ0v) is 13.8. The van der Waals surface area contributed by atoms with Gasteiger partial charge >= 0.3 is 5.97 Å². The first kappa shape index (κ1) is 15.9. The van der Waals surface area contributed by atoms with Gasteiger partial charge in [-0.3, -0.25) is 0 Å². The van der Waals surface area contributed by atoms with Gasteiger partial charge in [-0.25, -0.2) is 4.79 Å². The number of esters is 1. The fraction of sp³-hybridized carbons (Fsp3) is 0.538. The number of rotatable bonds is 2. The molecule has 0 aromatic carbocycles. The van der Waals surface area contributed by atoms with Crippen LogP contribution in [0, 0.1) is 13.8 Å². The average Bonchev–Trinajstić information content (AvgIpc) is 2.51. The Labute approximate surface area is 123 Å². The lowest BCUT2D eigenvalue weighted by Crippen LogP contribution is -2.43. The predicted octanol–water partition coefficient (Wildman–Crippen LogP) is 3.24. The lowest BCUT2D eigenvalue weighted by Gasteiger charge is -2.22. The van der Waals surface area contributed by atoms with Crippen LogP contribution in [-0.2, 0) is 4.74 Å². The molecule has 0 aliphatic rings. The summed E-state index contributed by atoms with van der Waals surface area (Å²) in [6.07, 6.45) is 0. The van der Waals surface area contributed by atoms with Gasteiger partial charge in [-0.2, -0.15) is 0 Å². The van der Waals surface area contributed by atoms with Crippen LogP contribution in [0.3, 0.4) is 0 Å². The minimum Gasteiger partial charge on any atom is -0.465 e. The fourth-order valence-electron chi connectivity index (χ4n) is 1.54. The van der Waals surface area contributed by atoms with Crippen LogP contribution in [0.5, 0.6) is 0 Å². The number of carbonyl (C=O) groups is 1. The van der Waals surface area contributed by atoms with Gasteiger partial charge in [0.15, 0.2) is 5.11 Å². The molecule has 0 radical (unpaired) electrons. The van der Waals surface area contributed by atoms with Crippen molar-refractivity contribution in [3.8, 4) is 0 Å². The molecule has 4 nitrogen and oxygen atoms in total. The maximum Gasteiger partial charge on any atom is 0.341 e. The number of ether oxygens (including phenoxy) is 1. The normalized spacial score (nSPS) is 11.1. The molecule has 0 atom stereocenters. The van der Waals surface area contributed by atoms with Gasteiger partial charge in [0, 0.05) is 10.4 Å². The number of aryl methyl sites for hydroxylation is 1. The molecule has 1 aromatic heterocycles. The number of hydrogen-bond acceptors (Lipinski definition) is 4. The van der Waals surface area contributed by atoms with E-state index in [1.807, 2.05) is 34.6 Å². The molecule has 0 unspecified atom stereocenters. The Morgan fingerprint density at radius 2 is 1.89 bits per heavy atom. The highest BCUT2D eigenvalue weighted by molar-refractivity contribution is 7.80. The van der Waals surface area contributed by atoms with Crippen molar-refractivity contribution in [2.75, 3.05) is 12.4 Å². The molecule has 0 spiro atoms. The summed E-state index contributed by atoms with van der Waals surface area (Å²) >= 11 is 6.75. The Balaban J connectivity index is 2.99. The Kier molecular flexibility index (Phi) is 4.92. The van der Waals surface area contributed by atoms with Crippen molar-refractivity contribution in [1.82, 2.24) is 5.32 Å². The number of nitrogens with one attached hydrogen (secondary N) is 2. The Morgan fingerprint density at radius 1 is 1.32 bits per heavy atom. The van der Waals surface area contributed by atoms with E-state index < -0.39 is 0 Å². The molecule has 1 heterocycles. The van der Waals surface area contributed by atoms with Crippen molar-refractivity contribution in [2.24, 2.45) is 0 Å². The Hall–Kier alpha value is -1.14. The number of methoxy groups -OCH3 is 1. The highest BCUT2D eigenvalue weighted by Gasteiger charge is 2.21. The first-order chi connectivity index (χ1) is 8.65. The van der Waals surface area contributed by atoms with Crippen molar-refractivity contribution >= 4 is 39.6 Å². The predicted molar refractivity (Wildman–Crippen MR) is 84.2 cm³/mol. The third kappa shape index (κ3) is 4.18. The van der Waals surface area contributed by atoms with Crippen LogP contribution in [0.2, 0.25) is 0 Å². The zero-order valence-electron chi connectivity index (χ0n) is 12.1. The molecule has 0 aliphatic heterocycles. The van der Waals surface area contributed by atoms with Crippen LogP contribution < -0.4 is 10.6 Å². The molecule has 19 heavy (non-hydrogen) atoms. The molecule has 0 bridgehead atoms. The van der Waals surface area contributed by atoms with Gasteiger partial charge in [0.05, 0.1) is 12.7 Å². The molecule has 1 rings (SSSR count). The van der Waals surface area contributed by atoms with Crippen molar-refractivity contribution in [3.05, 3.63) is 16.0 Å². The van der Waals surface area contributed by atoms with Crippen molar-refractivity contribution in [2.45, 2.75) is 40.2 Å². The molecule has 1 aromatic rings. The maximum atomic E-state index is 11.8. The molecule has 0 amide bonds. The van der Waals surface area contributed by atoms with Gasteiger partial charge in [-0.15, -0.1) is 11.3 Å². The molecule has 0 saturated heterocycles. The van der Waals surface area contributed by atoms with Gasteiger partial charge in [-0.1, -0.05) is 0 Å². The van der Waals surface area contributed by atoms with Crippen LogP contribution >= 0.6 is 23.6 Å². The van der Waals surface area contributed by atoms with E-state index in [-0.39, 0.29) is 11.5 Å². The summed E-state index contributed by atoms with van der Waals surface area (Å²) in [6, 6.07) is 0. The van der Waals surface area contributed by atoms with Crippen molar-refractivity contribution in [3.63, 3.8) is 0 Å². The minimum absolute atomic E-state index is 0.128. The van der Waals surface area contributed by atoms with E-state index in [0.717, 1.165) is 15.4 Å². The smallest absolute Gasteiger partial charge is 0.341 e. The molecule has 0 saturated carbocycles. The summed E-state index contributed by atoms with van der Waals surface area (Å²) in [4.78, 5) is 12.9.